The van der Waals surface area contributed by atoms with Crippen molar-refractivity contribution in [3.63, 3.8) is 0 Å². The largest absolute Gasteiger partial charge is 0.358 e. The van der Waals surface area contributed by atoms with Gasteiger partial charge in [-0.05, 0) is 30.2 Å². The molecule has 0 atom stereocenters. The fraction of sp³-hybridized carbons (Fsp3) is 0.333. The number of fused-ring (bicyclic) bond motifs is 3. The minimum Gasteiger partial charge on any atom is -0.358 e. The Morgan fingerprint density at radius 3 is 3.07 bits per heavy atom. The molecule has 2 N–H and O–H groups in total. The summed E-state index contributed by atoms with van der Waals surface area (Å²) in [7, 11) is 0. The third kappa shape index (κ3) is 1.34. The van der Waals surface area contributed by atoms with Gasteiger partial charge in [-0.3, -0.25) is 0 Å². The van der Waals surface area contributed by atoms with E-state index in [-0.39, 0.29) is 0 Å². The molecule has 1 aliphatic rings. The molecule has 0 bridgehead atoms. The van der Waals surface area contributed by atoms with Crippen LogP contribution in [0.25, 0.3) is 10.9 Å². The van der Waals surface area contributed by atoms with Gasteiger partial charge in [0.05, 0.1) is 0 Å². The van der Waals surface area contributed by atoms with Gasteiger partial charge in [-0.15, -0.1) is 0 Å². The maximum absolute atomic E-state index is 3.59. The molecular weight excluding hydrogens is 252 g/mol. The van der Waals surface area contributed by atoms with Crippen LogP contribution in [-0.2, 0) is 13.0 Å². The Labute approximate surface area is 97.2 Å². The van der Waals surface area contributed by atoms with Crippen molar-refractivity contribution >= 4 is 26.8 Å². The highest BCUT2D eigenvalue weighted by Crippen LogP contribution is 2.31. The summed E-state index contributed by atoms with van der Waals surface area (Å²) in [5.41, 5.74) is 5.47. The summed E-state index contributed by atoms with van der Waals surface area (Å²) in [4.78, 5) is 3.52. The highest BCUT2D eigenvalue weighted by molar-refractivity contribution is 9.10. The second-order valence-electron chi connectivity index (χ2n) is 4.10. The van der Waals surface area contributed by atoms with Crippen molar-refractivity contribution in [1.82, 2.24) is 10.3 Å². The SMILES string of the molecule is Cc1c(Br)ccc2[nH]c3c(c12)CNCC3. The van der Waals surface area contributed by atoms with Crippen LogP contribution in [0.2, 0.25) is 0 Å². The third-order valence-corrected chi connectivity index (χ3v) is 4.06. The molecule has 0 spiro atoms. The van der Waals surface area contributed by atoms with Crippen molar-refractivity contribution in [3.8, 4) is 0 Å². The first-order chi connectivity index (χ1) is 7.27. The maximum Gasteiger partial charge on any atom is 0.0462 e. The van der Waals surface area contributed by atoms with Gasteiger partial charge in [0, 0.05) is 40.6 Å². The molecule has 0 unspecified atom stereocenters. The van der Waals surface area contributed by atoms with Crippen LogP contribution in [0.5, 0.6) is 0 Å². The van der Waals surface area contributed by atoms with Crippen LogP contribution in [0, 0.1) is 6.92 Å². The molecule has 0 aliphatic carbocycles. The molecule has 0 saturated heterocycles. The van der Waals surface area contributed by atoms with E-state index in [9.17, 15) is 0 Å². The highest BCUT2D eigenvalue weighted by Gasteiger charge is 2.16. The van der Waals surface area contributed by atoms with Crippen molar-refractivity contribution < 1.29 is 0 Å². The van der Waals surface area contributed by atoms with E-state index in [0.717, 1.165) is 19.5 Å². The number of aryl methyl sites for hydroxylation is 1. The average Bonchev–Trinajstić information content (AvgIpc) is 2.62. The van der Waals surface area contributed by atoms with Crippen molar-refractivity contribution in [2.75, 3.05) is 6.54 Å². The standard InChI is InChI=1S/C12H13BrN2/c1-7-9(13)2-3-11-12(7)8-6-14-5-4-10(8)15-11/h2-3,14-15H,4-6H2,1H3. The zero-order valence-electron chi connectivity index (χ0n) is 8.65. The topological polar surface area (TPSA) is 27.8 Å². The second kappa shape index (κ2) is 3.35. The lowest BCUT2D eigenvalue weighted by atomic mass is 10.0. The molecule has 0 radical (unpaired) electrons. The Kier molecular flexibility index (Phi) is 2.11. The number of aromatic amines is 1. The molecule has 0 saturated carbocycles. The molecular formula is C12H13BrN2. The lowest BCUT2D eigenvalue weighted by molar-refractivity contribution is 0.640. The van der Waals surface area contributed by atoms with Gasteiger partial charge in [0.1, 0.15) is 0 Å². The van der Waals surface area contributed by atoms with Gasteiger partial charge in [-0.1, -0.05) is 15.9 Å². The second-order valence-corrected chi connectivity index (χ2v) is 4.96. The van der Waals surface area contributed by atoms with Crippen LogP contribution in [0.3, 0.4) is 0 Å². The zero-order valence-corrected chi connectivity index (χ0v) is 10.2. The van der Waals surface area contributed by atoms with Crippen LogP contribution >= 0.6 is 15.9 Å². The first-order valence-electron chi connectivity index (χ1n) is 5.26. The first-order valence-corrected chi connectivity index (χ1v) is 6.06. The average molecular weight is 265 g/mol. The summed E-state index contributed by atoms with van der Waals surface area (Å²) in [5, 5.41) is 4.83. The van der Waals surface area contributed by atoms with Crippen molar-refractivity contribution in [2.45, 2.75) is 19.9 Å². The van der Waals surface area contributed by atoms with Gasteiger partial charge >= 0.3 is 0 Å². The fourth-order valence-electron chi connectivity index (χ4n) is 2.40. The van der Waals surface area contributed by atoms with Gasteiger partial charge in [-0.25, -0.2) is 0 Å². The third-order valence-electron chi connectivity index (χ3n) is 3.20. The number of hydrogen-bond acceptors (Lipinski definition) is 1. The molecule has 1 aliphatic heterocycles. The monoisotopic (exact) mass is 264 g/mol. The molecule has 15 heavy (non-hydrogen) atoms. The van der Waals surface area contributed by atoms with Gasteiger partial charge < -0.3 is 10.3 Å². The Bertz CT molecular complexity index is 528. The molecule has 78 valence electrons. The summed E-state index contributed by atoms with van der Waals surface area (Å²) in [6.07, 6.45) is 1.11. The van der Waals surface area contributed by atoms with E-state index < -0.39 is 0 Å². The molecule has 3 rings (SSSR count). The molecule has 0 fully saturated rings. The Hall–Kier alpha value is -0.800. The van der Waals surface area contributed by atoms with E-state index >= 15 is 0 Å². The van der Waals surface area contributed by atoms with E-state index in [1.54, 1.807) is 0 Å². The van der Waals surface area contributed by atoms with Crippen LogP contribution in [0.1, 0.15) is 16.8 Å². The predicted molar refractivity (Wildman–Crippen MR) is 66.1 cm³/mol. The van der Waals surface area contributed by atoms with Crippen LogP contribution in [0.4, 0.5) is 0 Å². The number of H-pyrrole nitrogens is 1. The molecule has 2 heterocycles. The van der Waals surface area contributed by atoms with Gasteiger partial charge in [0.15, 0.2) is 0 Å². The van der Waals surface area contributed by atoms with E-state index in [4.69, 9.17) is 0 Å². The molecule has 0 amide bonds. The van der Waals surface area contributed by atoms with Crippen LogP contribution in [0.15, 0.2) is 16.6 Å². The number of hydrogen-bond donors (Lipinski definition) is 2. The van der Waals surface area contributed by atoms with E-state index in [2.05, 4.69) is 45.3 Å². The van der Waals surface area contributed by atoms with E-state index in [0.29, 0.717) is 0 Å². The zero-order chi connectivity index (χ0) is 10.4. The molecule has 1 aromatic carbocycles. The van der Waals surface area contributed by atoms with E-state index in [1.807, 2.05) is 0 Å². The summed E-state index contributed by atoms with van der Waals surface area (Å²) < 4.78 is 1.20. The number of nitrogens with one attached hydrogen (secondary N) is 2. The quantitative estimate of drug-likeness (QED) is 0.753. The Morgan fingerprint density at radius 1 is 1.33 bits per heavy atom. The summed E-state index contributed by atoms with van der Waals surface area (Å²) in [5.74, 6) is 0. The lowest BCUT2D eigenvalue weighted by Crippen LogP contribution is -2.23. The lowest BCUT2D eigenvalue weighted by Gasteiger charge is -2.13. The fourth-order valence-corrected chi connectivity index (χ4v) is 2.73. The smallest absolute Gasteiger partial charge is 0.0462 e. The Balaban J connectivity index is 2.39. The summed E-state index contributed by atoms with van der Waals surface area (Å²) in [6.45, 7) is 4.25. The van der Waals surface area contributed by atoms with Crippen LogP contribution < -0.4 is 5.32 Å². The number of rotatable bonds is 0. The normalized spacial score (nSPS) is 15.6. The minimum absolute atomic E-state index is 0.993. The van der Waals surface area contributed by atoms with E-state index in [1.165, 1.54) is 32.2 Å². The molecule has 2 aromatic rings. The number of halogens is 1. The predicted octanol–water partition coefficient (Wildman–Crippen LogP) is 2.88. The van der Waals surface area contributed by atoms with Crippen molar-refractivity contribution in [1.29, 1.82) is 0 Å². The van der Waals surface area contributed by atoms with Crippen LogP contribution in [-0.4, -0.2) is 11.5 Å². The first kappa shape index (κ1) is 9.43. The number of aromatic nitrogens is 1. The van der Waals surface area contributed by atoms with Crippen molar-refractivity contribution in [2.24, 2.45) is 0 Å². The number of benzene rings is 1. The molecule has 3 heteroatoms. The minimum atomic E-state index is 0.993. The Morgan fingerprint density at radius 2 is 2.20 bits per heavy atom. The van der Waals surface area contributed by atoms with Gasteiger partial charge in [-0.2, -0.15) is 0 Å². The highest BCUT2D eigenvalue weighted by atomic mass is 79.9. The van der Waals surface area contributed by atoms with Crippen molar-refractivity contribution in [3.05, 3.63) is 33.4 Å². The molecule has 1 aromatic heterocycles. The van der Waals surface area contributed by atoms with Gasteiger partial charge in [0.25, 0.3) is 0 Å². The molecule has 2 nitrogen and oxygen atoms in total. The maximum atomic E-state index is 3.59. The summed E-state index contributed by atoms with van der Waals surface area (Å²) in [6, 6.07) is 4.28. The van der Waals surface area contributed by atoms with Gasteiger partial charge in [0.2, 0.25) is 0 Å². The summed E-state index contributed by atoms with van der Waals surface area (Å²) >= 11 is 3.59.